The summed E-state index contributed by atoms with van der Waals surface area (Å²) in [4.78, 5) is 0. The van der Waals surface area contributed by atoms with Gasteiger partial charge in [0.05, 0.1) is 0 Å². The molecule has 0 nitrogen and oxygen atoms in total. The van der Waals surface area contributed by atoms with Gasteiger partial charge in [0.1, 0.15) is 0 Å². The van der Waals surface area contributed by atoms with E-state index in [0.29, 0.717) is 5.41 Å². The van der Waals surface area contributed by atoms with Crippen molar-refractivity contribution < 1.29 is 0 Å². The number of allylic oxidation sites excluding steroid dienone is 5. The van der Waals surface area contributed by atoms with Gasteiger partial charge in [-0.1, -0.05) is 82.7 Å². The quantitative estimate of drug-likeness (QED) is 0.514. The Labute approximate surface area is 138 Å². The first-order valence-corrected chi connectivity index (χ1v) is 8.19. The summed E-state index contributed by atoms with van der Waals surface area (Å²) in [7, 11) is 0. The highest BCUT2D eigenvalue weighted by Crippen LogP contribution is 2.25. The fourth-order valence-corrected chi connectivity index (χ4v) is 1.83. The summed E-state index contributed by atoms with van der Waals surface area (Å²) in [5.41, 5.74) is 6.92. The van der Waals surface area contributed by atoms with Crippen molar-refractivity contribution in [1.29, 1.82) is 0 Å². The molecular weight excluding hydrogens is 264 g/mol. The minimum absolute atomic E-state index is 0.542. The summed E-state index contributed by atoms with van der Waals surface area (Å²) in [6.45, 7) is 21.2. The Kier molecular flexibility index (Phi) is 8.79. The van der Waals surface area contributed by atoms with Gasteiger partial charge in [-0.2, -0.15) is 0 Å². The third-order valence-electron chi connectivity index (χ3n) is 3.80. The Morgan fingerprint density at radius 2 is 1.73 bits per heavy atom. The lowest BCUT2D eigenvalue weighted by Crippen LogP contribution is -2.00. The van der Waals surface area contributed by atoms with Gasteiger partial charge in [-0.3, -0.25) is 0 Å². The Bertz CT molecular complexity index is 534. The highest BCUT2D eigenvalue weighted by Gasteiger charge is 2.04. The summed E-state index contributed by atoms with van der Waals surface area (Å²) in [5, 5.41) is 0. The lowest BCUT2D eigenvalue weighted by Gasteiger charge is -2.12. The molecule has 0 heterocycles. The molecule has 0 saturated carbocycles. The van der Waals surface area contributed by atoms with Gasteiger partial charge in [0, 0.05) is 0 Å². The molecule has 1 aromatic carbocycles. The molecule has 0 spiro atoms. The first-order chi connectivity index (χ1) is 10.2. The molecule has 0 heteroatoms. The van der Waals surface area contributed by atoms with Crippen molar-refractivity contribution in [2.75, 3.05) is 0 Å². The van der Waals surface area contributed by atoms with Crippen molar-refractivity contribution in [3.63, 3.8) is 0 Å². The van der Waals surface area contributed by atoms with Crippen LogP contribution in [0.25, 0.3) is 5.57 Å². The molecule has 0 aliphatic heterocycles. The van der Waals surface area contributed by atoms with Gasteiger partial charge < -0.3 is 0 Å². The van der Waals surface area contributed by atoms with Crippen molar-refractivity contribution in [3.8, 4) is 0 Å². The summed E-state index contributed by atoms with van der Waals surface area (Å²) in [6.07, 6.45) is 7.40. The topological polar surface area (TPSA) is 0 Å². The lowest BCUT2D eigenvalue weighted by molar-refractivity contribution is 0.398. The van der Waals surface area contributed by atoms with Gasteiger partial charge in [-0.05, 0) is 55.4 Å². The van der Waals surface area contributed by atoms with Crippen LogP contribution in [0.4, 0.5) is 0 Å². The molecule has 0 amide bonds. The second kappa shape index (κ2) is 9.46. The molecule has 22 heavy (non-hydrogen) atoms. The molecule has 0 bridgehead atoms. The number of benzene rings is 1. The van der Waals surface area contributed by atoms with Crippen LogP contribution < -0.4 is 0 Å². The van der Waals surface area contributed by atoms with Crippen molar-refractivity contribution in [2.24, 2.45) is 5.41 Å². The number of aryl methyl sites for hydroxylation is 2. The molecule has 0 fully saturated rings. The van der Waals surface area contributed by atoms with Crippen LogP contribution >= 0.6 is 0 Å². The number of rotatable bonds is 3. The molecular formula is C22H34. The zero-order chi connectivity index (χ0) is 17.3. The zero-order valence-electron chi connectivity index (χ0n) is 15.9. The lowest BCUT2D eigenvalue weighted by atomic mass is 9.94. The second-order valence-electron chi connectivity index (χ2n) is 7.03. The van der Waals surface area contributed by atoms with Crippen LogP contribution in [0.15, 0.2) is 48.6 Å². The van der Waals surface area contributed by atoms with Crippen molar-refractivity contribution in [2.45, 2.75) is 61.8 Å². The molecule has 0 aliphatic rings. The van der Waals surface area contributed by atoms with E-state index in [-0.39, 0.29) is 0 Å². The van der Waals surface area contributed by atoms with Gasteiger partial charge >= 0.3 is 0 Å². The summed E-state index contributed by atoms with van der Waals surface area (Å²) in [5.74, 6) is 0. The molecule has 0 saturated heterocycles. The van der Waals surface area contributed by atoms with Crippen LogP contribution in [-0.2, 0) is 0 Å². The van der Waals surface area contributed by atoms with Gasteiger partial charge in [0.2, 0.25) is 0 Å². The summed E-state index contributed by atoms with van der Waals surface area (Å²) >= 11 is 0. The minimum atomic E-state index is 0.542. The third-order valence-corrected chi connectivity index (χ3v) is 3.80. The zero-order valence-corrected chi connectivity index (χ0v) is 15.9. The van der Waals surface area contributed by atoms with E-state index in [1.54, 1.807) is 0 Å². The predicted octanol–water partition coefficient (Wildman–Crippen LogP) is 7.28. The van der Waals surface area contributed by atoms with E-state index in [9.17, 15) is 0 Å². The average molecular weight is 299 g/mol. The SMILES string of the molecule is C=C/C(C)=C(\C=C/C)c1ccc(C)cc1C.CCC(C)(C)C. The maximum absolute atomic E-state index is 3.84. The smallest absolute Gasteiger partial charge is 0.0152 e. The highest BCUT2D eigenvalue weighted by molar-refractivity contribution is 5.79. The number of hydrogen-bond acceptors (Lipinski definition) is 0. The molecule has 0 unspecified atom stereocenters. The van der Waals surface area contributed by atoms with E-state index in [4.69, 9.17) is 0 Å². The van der Waals surface area contributed by atoms with Gasteiger partial charge in [-0.25, -0.2) is 0 Å². The Morgan fingerprint density at radius 1 is 1.18 bits per heavy atom. The van der Waals surface area contributed by atoms with Crippen LogP contribution in [-0.4, -0.2) is 0 Å². The Balaban J connectivity index is 0.000000626. The van der Waals surface area contributed by atoms with Crippen LogP contribution in [0.3, 0.4) is 0 Å². The van der Waals surface area contributed by atoms with E-state index < -0.39 is 0 Å². The second-order valence-corrected chi connectivity index (χ2v) is 7.03. The first-order valence-electron chi connectivity index (χ1n) is 8.19. The van der Waals surface area contributed by atoms with Crippen LogP contribution in [0, 0.1) is 19.3 Å². The average Bonchev–Trinajstić information content (AvgIpc) is 2.44. The Hall–Kier alpha value is -1.56. The highest BCUT2D eigenvalue weighted by atomic mass is 14.1. The van der Waals surface area contributed by atoms with Crippen molar-refractivity contribution >= 4 is 5.57 Å². The van der Waals surface area contributed by atoms with E-state index in [1.165, 1.54) is 34.3 Å². The summed E-state index contributed by atoms with van der Waals surface area (Å²) < 4.78 is 0. The number of hydrogen-bond donors (Lipinski definition) is 0. The third kappa shape index (κ3) is 7.45. The van der Waals surface area contributed by atoms with E-state index in [0.717, 1.165) is 0 Å². The first kappa shape index (κ1) is 20.4. The maximum Gasteiger partial charge on any atom is -0.0152 e. The molecule has 1 rings (SSSR count). The standard InChI is InChI=1S/C16H20.C6H14/c1-6-8-15(13(4)7-2)16-10-9-12(3)11-14(16)5;1-5-6(2,3)4/h6-11H,2H2,1,3-5H3;5H2,1-4H3/b8-6-,15-13+;. The van der Waals surface area contributed by atoms with Gasteiger partial charge in [-0.15, -0.1) is 0 Å². The van der Waals surface area contributed by atoms with Crippen molar-refractivity contribution in [1.82, 2.24) is 0 Å². The molecule has 1 aromatic rings. The monoisotopic (exact) mass is 298 g/mol. The van der Waals surface area contributed by atoms with E-state index >= 15 is 0 Å². The minimum Gasteiger partial charge on any atom is -0.0988 e. The normalized spacial score (nSPS) is 12.5. The van der Waals surface area contributed by atoms with Gasteiger partial charge in [0.15, 0.2) is 0 Å². The van der Waals surface area contributed by atoms with Crippen LogP contribution in [0.2, 0.25) is 0 Å². The molecule has 122 valence electrons. The molecule has 0 radical (unpaired) electrons. The fourth-order valence-electron chi connectivity index (χ4n) is 1.83. The van der Waals surface area contributed by atoms with Crippen LogP contribution in [0.1, 0.15) is 64.7 Å². The molecule has 0 aromatic heterocycles. The van der Waals surface area contributed by atoms with E-state index in [2.05, 4.69) is 85.4 Å². The predicted molar refractivity (Wildman–Crippen MR) is 103 cm³/mol. The summed E-state index contributed by atoms with van der Waals surface area (Å²) in [6, 6.07) is 6.56. The Morgan fingerprint density at radius 3 is 2.09 bits per heavy atom. The molecule has 0 aliphatic carbocycles. The van der Waals surface area contributed by atoms with Gasteiger partial charge in [0.25, 0.3) is 0 Å². The fraction of sp³-hybridized carbons (Fsp3) is 0.455. The molecule has 0 N–H and O–H groups in total. The largest absolute Gasteiger partial charge is 0.0988 e. The van der Waals surface area contributed by atoms with E-state index in [1.807, 2.05) is 13.0 Å². The van der Waals surface area contributed by atoms with Crippen LogP contribution in [0.5, 0.6) is 0 Å². The van der Waals surface area contributed by atoms with Crippen molar-refractivity contribution in [3.05, 3.63) is 65.3 Å². The maximum atomic E-state index is 3.84. The molecule has 0 atom stereocenters.